The van der Waals surface area contributed by atoms with Crippen LogP contribution in [0.2, 0.25) is 0 Å². The minimum absolute atomic E-state index is 0.0116. The maximum Gasteiger partial charge on any atom is 0.224 e. The Bertz CT molecular complexity index is 475. The molecule has 0 bridgehead atoms. The lowest BCUT2D eigenvalue weighted by Crippen LogP contribution is -2.16. The van der Waals surface area contributed by atoms with Gasteiger partial charge in [-0.15, -0.1) is 0 Å². The number of unbranched alkanes of at least 4 members (excludes halogenated alkanes) is 4. The van der Waals surface area contributed by atoms with E-state index in [2.05, 4.69) is 12.2 Å². The summed E-state index contributed by atoms with van der Waals surface area (Å²) in [6.07, 6.45) is 6.24. The number of carbonyl (C=O) groups is 2. The van der Waals surface area contributed by atoms with Crippen molar-refractivity contribution >= 4 is 17.5 Å². The number of hydrogen-bond acceptors (Lipinski definition) is 3. The van der Waals surface area contributed by atoms with Gasteiger partial charge in [-0.1, -0.05) is 44.7 Å². The number of ether oxygens (including phenoxy) is 1. The van der Waals surface area contributed by atoms with E-state index < -0.39 is 5.91 Å². The standard InChI is InChI=1S/C17H26N2O3/c1-2-3-4-5-6-11-17(21)19-14-9-7-8-10-15(14)22-13-12-16(18)20/h7-10H,2-6,11-13H2,1H3,(H2,18,20)(H,19,21). The van der Waals surface area contributed by atoms with Crippen LogP contribution in [0.3, 0.4) is 0 Å². The van der Waals surface area contributed by atoms with Gasteiger partial charge in [-0.25, -0.2) is 0 Å². The van der Waals surface area contributed by atoms with E-state index in [1.807, 2.05) is 12.1 Å². The first-order chi connectivity index (χ1) is 10.6. The molecular formula is C17H26N2O3. The minimum Gasteiger partial charge on any atom is -0.491 e. The average Bonchev–Trinajstić information content (AvgIpc) is 2.48. The van der Waals surface area contributed by atoms with Crippen molar-refractivity contribution < 1.29 is 14.3 Å². The minimum atomic E-state index is -0.409. The number of benzene rings is 1. The normalized spacial score (nSPS) is 10.2. The maximum atomic E-state index is 11.9. The topological polar surface area (TPSA) is 81.4 Å². The van der Waals surface area contributed by atoms with Gasteiger partial charge in [0, 0.05) is 6.42 Å². The summed E-state index contributed by atoms with van der Waals surface area (Å²) in [7, 11) is 0. The largest absolute Gasteiger partial charge is 0.491 e. The van der Waals surface area contributed by atoms with E-state index in [-0.39, 0.29) is 18.9 Å². The first kappa shape index (κ1) is 18.0. The van der Waals surface area contributed by atoms with Gasteiger partial charge in [0.05, 0.1) is 18.7 Å². The highest BCUT2D eigenvalue weighted by atomic mass is 16.5. The van der Waals surface area contributed by atoms with E-state index in [0.29, 0.717) is 17.9 Å². The number of nitrogens with two attached hydrogens (primary N) is 1. The van der Waals surface area contributed by atoms with Crippen LogP contribution in [-0.2, 0) is 9.59 Å². The van der Waals surface area contributed by atoms with Gasteiger partial charge in [-0.3, -0.25) is 9.59 Å². The third kappa shape index (κ3) is 7.67. The highest BCUT2D eigenvalue weighted by Crippen LogP contribution is 2.24. The molecule has 0 aliphatic rings. The van der Waals surface area contributed by atoms with E-state index >= 15 is 0 Å². The Morgan fingerprint density at radius 1 is 1.09 bits per heavy atom. The van der Waals surface area contributed by atoms with E-state index in [1.54, 1.807) is 12.1 Å². The number of nitrogens with one attached hydrogen (secondary N) is 1. The molecule has 1 aromatic rings. The van der Waals surface area contributed by atoms with Crippen LogP contribution in [0.25, 0.3) is 0 Å². The fraction of sp³-hybridized carbons (Fsp3) is 0.529. The average molecular weight is 306 g/mol. The van der Waals surface area contributed by atoms with Crippen molar-refractivity contribution in [2.45, 2.75) is 51.9 Å². The van der Waals surface area contributed by atoms with Gasteiger partial charge in [0.15, 0.2) is 0 Å². The summed E-state index contributed by atoms with van der Waals surface area (Å²) < 4.78 is 5.49. The second-order valence-corrected chi connectivity index (χ2v) is 5.27. The molecule has 3 N–H and O–H groups in total. The number of hydrogen-bond donors (Lipinski definition) is 2. The molecule has 0 spiro atoms. The zero-order valence-corrected chi connectivity index (χ0v) is 13.3. The maximum absolute atomic E-state index is 11.9. The lowest BCUT2D eigenvalue weighted by Gasteiger charge is -2.12. The molecule has 0 aliphatic heterocycles. The SMILES string of the molecule is CCCCCCCC(=O)Nc1ccccc1OCCC(N)=O. The van der Waals surface area contributed by atoms with E-state index in [1.165, 1.54) is 19.3 Å². The van der Waals surface area contributed by atoms with Crippen LogP contribution in [0.1, 0.15) is 51.9 Å². The van der Waals surface area contributed by atoms with Crippen LogP contribution >= 0.6 is 0 Å². The summed E-state index contributed by atoms with van der Waals surface area (Å²) in [4.78, 5) is 22.7. The van der Waals surface area contributed by atoms with Gasteiger partial charge in [-0.2, -0.15) is 0 Å². The molecule has 0 unspecified atom stereocenters. The molecule has 0 atom stereocenters. The summed E-state index contributed by atoms with van der Waals surface area (Å²) in [6, 6.07) is 7.20. The van der Waals surface area contributed by atoms with E-state index in [4.69, 9.17) is 10.5 Å². The Morgan fingerprint density at radius 3 is 2.55 bits per heavy atom. The van der Waals surface area contributed by atoms with Gasteiger partial charge in [0.1, 0.15) is 5.75 Å². The van der Waals surface area contributed by atoms with E-state index in [0.717, 1.165) is 12.8 Å². The number of rotatable bonds is 11. The van der Waals surface area contributed by atoms with Crippen LogP contribution in [0.4, 0.5) is 5.69 Å². The first-order valence-electron chi connectivity index (χ1n) is 7.93. The molecule has 2 amide bonds. The lowest BCUT2D eigenvalue weighted by atomic mass is 10.1. The van der Waals surface area contributed by atoms with Gasteiger partial charge >= 0.3 is 0 Å². The monoisotopic (exact) mass is 306 g/mol. The summed E-state index contributed by atoms with van der Waals surface area (Å²) in [5.74, 6) is 0.138. The Kier molecular flexibility index (Phi) is 8.72. The number of para-hydroxylation sites is 2. The fourth-order valence-electron chi connectivity index (χ4n) is 2.06. The molecule has 1 rings (SSSR count). The van der Waals surface area contributed by atoms with Crippen molar-refractivity contribution in [1.82, 2.24) is 0 Å². The van der Waals surface area contributed by atoms with Gasteiger partial charge < -0.3 is 15.8 Å². The summed E-state index contributed by atoms with van der Waals surface area (Å²) >= 11 is 0. The van der Waals surface area contributed by atoms with E-state index in [9.17, 15) is 9.59 Å². The van der Waals surface area contributed by atoms with Crippen LogP contribution < -0.4 is 15.8 Å². The smallest absolute Gasteiger partial charge is 0.224 e. The Hall–Kier alpha value is -2.04. The number of carbonyl (C=O) groups excluding carboxylic acids is 2. The van der Waals surface area contributed by atoms with Crippen molar-refractivity contribution in [2.24, 2.45) is 5.73 Å². The van der Waals surface area contributed by atoms with Crippen molar-refractivity contribution in [3.05, 3.63) is 24.3 Å². The third-order valence-electron chi connectivity index (χ3n) is 3.27. The first-order valence-corrected chi connectivity index (χ1v) is 7.93. The number of anilines is 1. The number of primary amides is 1. The molecule has 5 nitrogen and oxygen atoms in total. The highest BCUT2D eigenvalue weighted by molar-refractivity contribution is 5.92. The summed E-state index contributed by atoms with van der Waals surface area (Å²) in [5, 5.41) is 2.86. The molecule has 0 radical (unpaired) electrons. The predicted molar refractivity (Wildman–Crippen MR) is 87.8 cm³/mol. The number of amides is 2. The fourth-order valence-corrected chi connectivity index (χ4v) is 2.06. The zero-order valence-electron chi connectivity index (χ0n) is 13.3. The molecule has 0 heterocycles. The van der Waals surface area contributed by atoms with Crippen LogP contribution in [0.5, 0.6) is 5.75 Å². The van der Waals surface area contributed by atoms with Crippen molar-refractivity contribution in [3.63, 3.8) is 0 Å². The van der Waals surface area contributed by atoms with Crippen LogP contribution in [0.15, 0.2) is 24.3 Å². The molecular weight excluding hydrogens is 280 g/mol. The van der Waals surface area contributed by atoms with Crippen molar-refractivity contribution in [1.29, 1.82) is 0 Å². The van der Waals surface area contributed by atoms with Crippen LogP contribution in [0, 0.1) is 0 Å². The second kappa shape index (κ2) is 10.7. The zero-order chi connectivity index (χ0) is 16.2. The summed E-state index contributed by atoms with van der Waals surface area (Å²) in [5.41, 5.74) is 5.71. The lowest BCUT2D eigenvalue weighted by molar-refractivity contribution is -0.118. The molecule has 0 saturated carbocycles. The molecule has 0 aromatic heterocycles. The molecule has 0 saturated heterocycles. The van der Waals surface area contributed by atoms with Crippen LogP contribution in [-0.4, -0.2) is 18.4 Å². The molecule has 22 heavy (non-hydrogen) atoms. The van der Waals surface area contributed by atoms with Crippen molar-refractivity contribution in [3.8, 4) is 5.75 Å². The Morgan fingerprint density at radius 2 is 1.82 bits per heavy atom. The second-order valence-electron chi connectivity index (χ2n) is 5.27. The van der Waals surface area contributed by atoms with Crippen molar-refractivity contribution in [2.75, 3.05) is 11.9 Å². The molecule has 0 fully saturated rings. The Labute approximate surface area is 132 Å². The molecule has 0 aliphatic carbocycles. The third-order valence-corrected chi connectivity index (χ3v) is 3.27. The highest BCUT2D eigenvalue weighted by Gasteiger charge is 2.07. The van der Waals surface area contributed by atoms with Gasteiger partial charge in [0.2, 0.25) is 11.8 Å². The van der Waals surface area contributed by atoms with Gasteiger partial charge in [-0.05, 0) is 18.6 Å². The molecule has 5 heteroatoms. The quantitative estimate of drug-likeness (QED) is 0.616. The predicted octanol–water partition coefficient (Wildman–Crippen LogP) is 3.24. The molecule has 122 valence electrons. The van der Waals surface area contributed by atoms with Gasteiger partial charge in [0.25, 0.3) is 0 Å². The Balaban J connectivity index is 2.40. The molecule has 1 aromatic carbocycles. The summed E-state index contributed by atoms with van der Waals surface area (Å²) in [6.45, 7) is 2.38.